The zero-order chi connectivity index (χ0) is 19.2. The number of nitrogens with zero attached hydrogens (tertiary/aromatic N) is 3. The molecule has 1 aromatic heterocycles. The lowest BCUT2D eigenvalue weighted by molar-refractivity contribution is 0.299. The fraction of sp³-hybridized carbons (Fsp3) is 0.0952. The zero-order valence-corrected chi connectivity index (χ0v) is 15.2. The Morgan fingerprint density at radius 1 is 1.15 bits per heavy atom. The van der Waals surface area contributed by atoms with Crippen LogP contribution in [0.4, 0.5) is 0 Å². The Bertz CT molecular complexity index is 1070. The third-order valence-corrected chi connectivity index (χ3v) is 4.15. The van der Waals surface area contributed by atoms with Crippen molar-refractivity contribution in [2.24, 2.45) is 0 Å². The van der Waals surface area contributed by atoms with E-state index in [2.05, 4.69) is 4.98 Å². The van der Waals surface area contributed by atoms with E-state index in [0.29, 0.717) is 39.2 Å². The molecule has 0 aliphatic heterocycles. The molecule has 1 heterocycles. The van der Waals surface area contributed by atoms with Crippen LogP contribution in [0.1, 0.15) is 17.0 Å². The number of ether oxygens (including phenoxy) is 1. The molecule has 2 aromatic carbocycles. The Labute approximate surface area is 161 Å². The van der Waals surface area contributed by atoms with Crippen LogP contribution in [-0.4, -0.2) is 4.98 Å². The molecule has 6 heteroatoms. The van der Waals surface area contributed by atoms with Crippen molar-refractivity contribution < 1.29 is 9.15 Å². The summed E-state index contributed by atoms with van der Waals surface area (Å²) < 4.78 is 11.6. The van der Waals surface area contributed by atoms with E-state index >= 15 is 0 Å². The molecule has 5 nitrogen and oxygen atoms in total. The standard InChI is InChI=1S/C21H14ClN3O2/c1-14-19(25-21(27-14)17-7-3-4-8-18(17)22)13-26-20-9-5-2-6-16(20)10-15(11-23)12-24/h2-10H,13H2,1H3. The Morgan fingerprint density at radius 2 is 1.85 bits per heavy atom. The molecule has 132 valence electrons. The summed E-state index contributed by atoms with van der Waals surface area (Å²) in [5.74, 6) is 1.61. The van der Waals surface area contributed by atoms with Crippen LogP contribution in [0.15, 0.2) is 58.5 Å². The minimum Gasteiger partial charge on any atom is -0.487 e. The average molecular weight is 376 g/mol. The van der Waals surface area contributed by atoms with E-state index in [1.165, 1.54) is 6.08 Å². The molecule has 0 spiro atoms. The van der Waals surface area contributed by atoms with E-state index in [-0.39, 0.29) is 12.2 Å². The van der Waals surface area contributed by atoms with Gasteiger partial charge in [-0.3, -0.25) is 0 Å². The fourth-order valence-electron chi connectivity index (χ4n) is 2.43. The Morgan fingerprint density at radius 3 is 2.59 bits per heavy atom. The smallest absolute Gasteiger partial charge is 0.228 e. The SMILES string of the molecule is Cc1oc(-c2ccccc2Cl)nc1COc1ccccc1C=C(C#N)C#N. The van der Waals surface area contributed by atoms with Crippen molar-refractivity contribution in [1.29, 1.82) is 10.5 Å². The number of hydrogen-bond acceptors (Lipinski definition) is 5. The van der Waals surface area contributed by atoms with Crippen LogP contribution in [-0.2, 0) is 6.61 Å². The summed E-state index contributed by atoms with van der Waals surface area (Å²) in [7, 11) is 0. The van der Waals surface area contributed by atoms with Crippen molar-refractivity contribution >= 4 is 17.7 Å². The number of para-hydroxylation sites is 1. The van der Waals surface area contributed by atoms with Crippen LogP contribution in [0.5, 0.6) is 5.75 Å². The minimum absolute atomic E-state index is 0.00433. The average Bonchev–Trinajstić information content (AvgIpc) is 3.06. The van der Waals surface area contributed by atoms with Crippen molar-refractivity contribution in [3.63, 3.8) is 0 Å². The second kappa shape index (κ2) is 8.23. The largest absolute Gasteiger partial charge is 0.487 e. The molecule has 0 aliphatic carbocycles. The number of oxazole rings is 1. The first-order valence-electron chi connectivity index (χ1n) is 8.07. The molecule has 27 heavy (non-hydrogen) atoms. The number of aromatic nitrogens is 1. The van der Waals surface area contributed by atoms with Gasteiger partial charge in [-0.1, -0.05) is 41.9 Å². The molecule has 0 atom stereocenters. The molecule has 0 aliphatic rings. The molecule has 0 amide bonds. The van der Waals surface area contributed by atoms with Gasteiger partial charge in [0.15, 0.2) is 0 Å². The molecular formula is C21H14ClN3O2. The number of hydrogen-bond donors (Lipinski definition) is 0. The lowest BCUT2D eigenvalue weighted by Gasteiger charge is -2.07. The van der Waals surface area contributed by atoms with Gasteiger partial charge in [0, 0.05) is 5.56 Å². The van der Waals surface area contributed by atoms with Gasteiger partial charge in [0.05, 0.1) is 10.6 Å². The van der Waals surface area contributed by atoms with Gasteiger partial charge in [-0.25, -0.2) is 4.98 Å². The lowest BCUT2D eigenvalue weighted by atomic mass is 10.1. The van der Waals surface area contributed by atoms with Gasteiger partial charge in [-0.05, 0) is 31.2 Å². The molecule has 0 fully saturated rings. The number of allylic oxidation sites excluding steroid dienone is 1. The molecule has 0 N–H and O–H groups in total. The molecule has 3 aromatic rings. The predicted octanol–water partition coefficient (Wildman–Crippen LogP) is 5.31. The van der Waals surface area contributed by atoms with Gasteiger partial charge in [-0.2, -0.15) is 10.5 Å². The van der Waals surface area contributed by atoms with Gasteiger partial charge in [0.25, 0.3) is 0 Å². The van der Waals surface area contributed by atoms with Crippen LogP contribution in [0, 0.1) is 29.6 Å². The highest BCUT2D eigenvalue weighted by Gasteiger charge is 2.14. The molecule has 0 unspecified atom stereocenters. The maximum atomic E-state index is 8.94. The summed E-state index contributed by atoms with van der Waals surface area (Å²) in [6, 6.07) is 18.2. The second-order valence-electron chi connectivity index (χ2n) is 5.61. The molecule has 0 saturated heterocycles. The maximum Gasteiger partial charge on any atom is 0.228 e. The highest BCUT2D eigenvalue weighted by atomic mass is 35.5. The number of halogens is 1. The van der Waals surface area contributed by atoms with E-state index in [9.17, 15) is 0 Å². The van der Waals surface area contributed by atoms with Crippen LogP contribution in [0.25, 0.3) is 17.5 Å². The third-order valence-electron chi connectivity index (χ3n) is 3.82. The van der Waals surface area contributed by atoms with Crippen molar-refractivity contribution in [2.45, 2.75) is 13.5 Å². The van der Waals surface area contributed by atoms with Crippen molar-refractivity contribution in [3.05, 3.63) is 76.1 Å². The second-order valence-corrected chi connectivity index (χ2v) is 6.02. The van der Waals surface area contributed by atoms with E-state index in [0.717, 1.165) is 0 Å². The Hall–Kier alpha value is -3.54. The highest BCUT2D eigenvalue weighted by Crippen LogP contribution is 2.29. The zero-order valence-electron chi connectivity index (χ0n) is 14.4. The van der Waals surface area contributed by atoms with Crippen LogP contribution in [0.3, 0.4) is 0 Å². The lowest BCUT2D eigenvalue weighted by Crippen LogP contribution is -1.99. The first kappa shape index (κ1) is 18.3. The number of benzene rings is 2. The molecule has 0 saturated carbocycles. The van der Waals surface area contributed by atoms with Crippen LogP contribution in [0.2, 0.25) is 5.02 Å². The van der Waals surface area contributed by atoms with Gasteiger partial charge >= 0.3 is 0 Å². The number of rotatable bonds is 5. The van der Waals surface area contributed by atoms with Crippen molar-refractivity contribution in [1.82, 2.24) is 4.98 Å². The summed E-state index contributed by atoms with van der Waals surface area (Å²) in [5, 5.41) is 18.4. The van der Waals surface area contributed by atoms with Gasteiger partial charge in [0.1, 0.15) is 41.5 Å². The molecule has 0 radical (unpaired) electrons. The first-order valence-corrected chi connectivity index (χ1v) is 8.45. The van der Waals surface area contributed by atoms with Crippen LogP contribution >= 0.6 is 11.6 Å². The van der Waals surface area contributed by atoms with E-state index < -0.39 is 0 Å². The molecular weight excluding hydrogens is 362 g/mol. The summed E-state index contributed by atoms with van der Waals surface area (Å²) in [4.78, 5) is 4.48. The predicted molar refractivity (Wildman–Crippen MR) is 102 cm³/mol. The normalized spacial score (nSPS) is 9.93. The van der Waals surface area contributed by atoms with Crippen LogP contribution < -0.4 is 4.74 Å². The first-order chi connectivity index (χ1) is 13.1. The van der Waals surface area contributed by atoms with E-state index in [1.54, 1.807) is 25.1 Å². The monoisotopic (exact) mass is 375 g/mol. The summed E-state index contributed by atoms with van der Waals surface area (Å²) in [5.41, 5.74) is 2.00. The topological polar surface area (TPSA) is 82.8 Å². The van der Waals surface area contributed by atoms with E-state index in [4.69, 9.17) is 31.3 Å². The van der Waals surface area contributed by atoms with Crippen molar-refractivity contribution in [3.8, 4) is 29.3 Å². The fourth-order valence-corrected chi connectivity index (χ4v) is 2.65. The quantitative estimate of drug-likeness (QED) is 0.564. The van der Waals surface area contributed by atoms with E-state index in [1.807, 2.05) is 42.5 Å². The number of nitriles is 2. The summed E-state index contributed by atoms with van der Waals surface area (Å²) in [6.45, 7) is 1.99. The van der Waals surface area contributed by atoms with Gasteiger partial charge in [-0.15, -0.1) is 0 Å². The Kier molecular flexibility index (Phi) is 5.56. The van der Waals surface area contributed by atoms with Gasteiger partial charge < -0.3 is 9.15 Å². The molecule has 0 bridgehead atoms. The van der Waals surface area contributed by atoms with Crippen molar-refractivity contribution in [2.75, 3.05) is 0 Å². The number of aryl methyl sites for hydroxylation is 1. The van der Waals surface area contributed by atoms with Gasteiger partial charge in [0.2, 0.25) is 5.89 Å². The highest BCUT2D eigenvalue weighted by molar-refractivity contribution is 6.33. The third kappa shape index (κ3) is 4.17. The Balaban J connectivity index is 1.83. The molecule has 3 rings (SSSR count). The minimum atomic E-state index is 0.00433. The summed E-state index contributed by atoms with van der Waals surface area (Å²) >= 11 is 6.20. The summed E-state index contributed by atoms with van der Waals surface area (Å²) in [6.07, 6.45) is 1.49. The maximum absolute atomic E-state index is 8.94.